The second kappa shape index (κ2) is 8.28. The fraction of sp³-hybridized carbons (Fsp3) is 0.286. The van der Waals surface area contributed by atoms with E-state index in [1.54, 1.807) is 18.4 Å². The van der Waals surface area contributed by atoms with Crippen molar-refractivity contribution in [2.75, 3.05) is 7.11 Å². The minimum atomic E-state index is 0.167. The van der Waals surface area contributed by atoms with Crippen molar-refractivity contribution >= 4 is 11.3 Å². The number of methoxy groups -OCH3 is 1. The van der Waals surface area contributed by atoms with Gasteiger partial charge in [0.05, 0.1) is 18.8 Å². The Morgan fingerprint density at radius 1 is 1.16 bits per heavy atom. The smallest absolute Gasteiger partial charge is 0.126 e. The number of thiophene rings is 1. The molecule has 1 aromatic carbocycles. The van der Waals surface area contributed by atoms with Gasteiger partial charge >= 0.3 is 0 Å². The molecule has 0 radical (unpaired) electrons. The van der Waals surface area contributed by atoms with Gasteiger partial charge in [-0.1, -0.05) is 24.3 Å². The molecule has 0 saturated carbocycles. The summed E-state index contributed by atoms with van der Waals surface area (Å²) in [6.07, 6.45) is 2.86. The van der Waals surface area contributed by atoms with Gasteiger partial charge in [-0.15, -0.1) is 0 Å². The second-order valence-corrected chi connectivity index (χ2v) is 7.08. The first-order valence-electron chi connectivity index (χ1n) is 8.47. The van der Waals surface area contributed by atoms with Crippen LogP contribution in [0.1, 0.15) is 34.0 Å². The van der Waals surface area contributed by atoms with Crippen molar-refractivity contribution in [2.45, 2.75) is 32.9 Å². The lowest BCUT2D eigenvalue weighted by Gasteiger charge is -2.20. The van der Waals surface area contributed by atoms with Crippen LogP contribution in [0.4, 0.5) is 0 Å². The molecular weight excluding hydrogens is 328 g/mol. The minimum Gasteiger partial charge on any atom is -0.496 e. The predicted octanol–water partition coefficient (Wildman–Crippen LogP) is 4.84. The Bertz CT molecular complexity index is 797. The molecule has 1 atom stereocenters. The van der Waals surface area contributed by atoms with Crippen LogP contribution in [0.2, 0.25) is 0 Å². The number of hydrogen-bond donors (Lipinski definition) is 1. The van der Waals surface area contributed by atoms with Gasteiger partial charge in [0.25, 0.3) is 0 Å². The summed E-state index contributed by atoms with van der Waals surface area (Å²) >= 11 is 1.73. The number of para-hydroxylation sites is 1. The highest BCUT2D eigenvalue weighted by molar-refractivity contribution is 7.07. The molecule has 0 aliphatic heterocycles. The first-order valence-corrected chi connectivity index (χ1v) is 9.41. The zero-order valence-electron chi connectivity index (χ0n) is 15.0. The number of aryl methyl sites for hydroxylation is 2. The van der Waals surface area contributed by atoms with E-state index in [0.717, 1.165) is 30.0 Å². The summed E-state index contributed by atoms with van der Waals surface area (Å²) in [4.78, 5) is 4.64. The third kappa shape index (κ3) is 4.47. The van der Waals surface area contributed by atoms with Gasteiger partial charge in [0, 0.05) is 18.3 Å². The SMILES string of the molecule is COc1c(C)cccc1CN[C@@H](Cc1ccsc1)c1ccc(C)cn1. The highest BCUT2D eigenvalue weighted by atomic mass is 32.1. The van der Waals surface area contributed by atoms with E-state index in [1.165, 1.54) is 16.7 Å². The lowest BCUT2D eigenvalue weighted by Crippen LogP contribution is -2.24. The molecule has 3 rings (SSSR count). The Kier molecular flexibility index (Phi) is 5.84. The van der Waals surface area contributed by atoms with Gasteiger partial charge in [-0.2, -0.15) is 11.3 Å². The molecule has 3 nitrogen and oxygen atoms in total. The lowest BCUT2D eigenvalue weighted by molar-refractivity contribution is 0.401. The molecule has 3 aromatic rings. The molecule has 4 heteroatoms. The quantitative estimate of drug-likeness (QED) is 0.660. The van der Waals surface area contributed by atoms with Crippen LogP contribution >= 0.6 is 11.3 Å². The maximum absolute atomic E-state index is 5.58. The fourth-order valence-electron chi connectivity index (χ4n) is 2.99. The number of ether oxygens (including phenoxy) is 1. The van der Waals surface area contributed by atoms with E-state index >= 15 is 0 Å². The summed E-state index contributed by atoms with van der Waals surface area (Å²) in [7, 11) is 1.73. The fourth-order valence-corrected chi connectivity index (χ4v) is 3.67. The van der Waals surface area contributed by atoms with E-state index in [4.69, 9.17) is 4.74 Å². The lowest BCUT2D eigenvalue weighted by atomic mass is 10.0. The molecule has 1 N–H and O–H groups in total. The summed E-state index contributed by atoms with van der Waals surface area (Å²) in [5, 5.41) is 8.00. The molecule has 130 valence electrons. The van der Waals surface area contributed by atoms with Crippen molar-refractivity contribution in [3.8, 4) is 5.75 Å². The van der Waals surface area contributed by atoms with E-state index in [0.29, 0.717) is 0 Å². The van der Waals surface area contributed by atoms with E-state index < -0.39 is 0 Å². The Balaban J connectivity index is 1.80. The molecule has 0 bridgehead atoms. The van der Waals surface area contributed by atoms with Gasteiger partial charge < -0.3 is 10.1 Å². The summed E-state index contributed by atoms with van der Waals surface area (Å²) in [5.74, 6) is 0.959. The first kappa shape index (κ1) is 17.6. The van der Waals surface area contributed by atoms with Gasteiger partial charge in [0.1, 0.15) is 5.75 Å². The number of hydrogen-bond acceptors (Lipinski definition) is 4. The molecule has 0 aliphatic rings. The van der Waals surface area contributed by atoms with Crippen LogP contribution in [0.3, 0.4) is 0 Å². The molecular formula is C21H24N2OS. The summed E-state index contributed by atoms with van der Waals surface area (Å²) in [6, 6.07) is 12.9. The molecule has 2 aromatic heterocycles. The van der Waals surface area contributed by atoms with Crippen molar-refractivity contribution in [3.63, 3.8) is 0 Å². The van der Waals surface area contributed by atoms with Crippen molar-refractivity contribution in [2.24, 2.45) is 0 Å². The Morgan fingerprint density at radius 2 is 2.04 bits per heavy atom. The van der Waals surface area contributed by atoms with Gasteiger partial charge in [0.15, 0.2) is 0 Å². The number of nitrogens with zero attached hydrogens (tertiary/aromatic N) is 1. The maximum Gasteiger partial charge on any atom is 0.126 e. The Morgan fingerprint density at radius 3 is 2.72 bits per heavy atom. The topological polar surface area (TPSA) is 34.1 Å². The first-order chi connectivity index (χ1) is 12.2. The van der Waals surface area contributed by atoms with Gasteiger partial charge in [-0.3, -0.25) is 4.98 Å². The van der Waals surface area contributed by atoms with Crippen molar-refractivity contribution < 1.29 is 4.74 Å². The number of benzene rings is 1. The molecule has 0 aliphatic carbocycles. The zero-order chi connectivity index (χ0) is 17.6. The average Bonchev–Trinajstić information content (AvgIpc) is 3.12. The van der Waals surface area contributed by atoms with E-state index in [-0.39, 0.29) is 6.04 Å². The van der Waals surface area contributed by atoms with Crippen molar-refractivity contribution in [1.82, 2.24) is 10.3 Å². The summed E-state index contributed by atoms with van der Waals surface area (Å²) in [5.41, 5.74) is 5.91. The molecule has 0 saturated heterocycles. The number of pyridine rings is 1. The Labute approximate surface area is 153 Å². The zero-order valence-corrected chi connectivity index (χ0v) is 15.8. The molecule has 0 amide bonds. The Hall–Kier alpha value is -2.17. The summed E-state index contributed by atoms with van der Waals surface area (Å²) < 4.78 is 5.58. The third-order valence-electron chi connectivity index (χ3n) is 4.35. The molecule has 2 heterocycles. The van der Waals surface area contributed by atoms with Crippen LogP contribution in [0.15, 0.2) is 53.4 Å². The molecule has 0 unspecified atom stereocenters. The van der Waals surface area contributed by atoms with Crippen LogP contribution in [-0.2, 0) is 13.0 Å². The normalized spacial score (nSPS) is 12.1. The van der Waals surface area contributed by atoms with Gasteiger partial charge in [0.2, 0.25) is 0 Å². The molecule has 0 fully saturated rings. The van der Waals surface area contributed by atoms with E-state index in [1.807, 2.05) is 6.20 Å². The van der Waals surface area contributed by atoms with Gasteiger partial charge in [-0.05, 0) is 59.9 Å². The number of aromatic nitrogens is 1. The molecule has 0 spiro atoms. The standard InChI is InChI=1S/C21H24N2OS/c1-15-7-8-19(22-12-15)20(11-17-9-10-25-14-17)23-13-18-6-4-5-16(2)21(18)24-3/h4-10,12,14,20,23H,11,13H2,1-3H3/t20-/m0/s1. The van der Waals surface area contributed by atoms with Crippen molar-refractivity contribution in [1.29, 1.82) is 0 Å². The monoisotopic (exact) mass is 352 g/mol. The third-order valence-corrected chi connectivity index (χ3v) is 5.08. The minimum absolute atomic E-state index is 0.167. The van der Waals surface area contributed by atoms with E-state index in [9.17, 15) is 0 Å². The van der Waals surface area contributed by atoms with E-state index in [2.05, 4.69) is 71.3 Å². The second-order valence-electron chi connectivity index (χ2n) is 6.30. The summed E-state index contributed by atoms with van der Waals surface area (Å²) in [6.45, 7) is 4.89. The average molecular weight is 353 g/mol. The highest BCUT2D eigenvalue weighted by Gasteiger charge is 2.15. The van der Waals surface area contributed by atoms with Crippen LogP contribution in [0.25, 0.3) is 0 Å². The van der Waals surface area contributed by atoms with Crippen LogP contribution in [0.5, 0.6) is 5.75 Å². The highest BCUT2D eigenvalue weighted by Crippen LogP contribution is 2.25. The van der Waals surface area contributed by atoms with Gasteiger partial charge in [-0.25, -0.2) is 0 Å². The largest absolute Gasteiger partial charge is 0.496 e. The van der Waals surface area contributed by atoms with Crippen LogP contribution < -0.4 is 10.1 Å². The van der Waals surface area contributed by atoms with Crippen LogP contribution in [-0.4, -0.2) is 12.1 Å². The molecule has 25 heavy (non-hydrogen) atoms. The maximum atomic E-state index is 5.58. The predicted molar refractivity (Wildman–Crippen MR) is 104 cm³/mol. The number of rotatable bonds is 7. The van der Waals surface area contributed by atoms with Crippen molar-refractivity contribution in [3.05, 3.63) is 81.3 Å². The van der Waals surface area contributed by atoms with Crippen LogP contribution in [0, 0.1) is 13.8 Å². The number of nitrogens with one attached hydrogen (secondary N) is 1.